The summed E-state index contributed by atoms with van der Waals surface area (Å²) in [5, 5.41) is 8.15. The molecular weight excluding hydrogens is 374 g/mol. The minimum Gasteiger partial charge on any atom is -0.357 e. The van der Waals surface area contributed by atoms with E-state index < -0.39 is 0 Å². The smallest absolute Gasteiger partial charge is 0.191 e. The van der Waals surface area contributed by atoms with Crippen LogP contribution in [-0.4, -0.2) is 65.6 Å². The fraction of sp³-hybridized carbons (Fsp3) is 0.800. The lowest BCUT2D eigenvalue weighted by atomic mass is 9.80. The van der Waals surface area contributed by atoms with Crippen molar-refractivity contribution in [2.45, 2.75) is 57.9 Å². The summed E-state index contributed by atoms with van der Waals surface area (Å²) >= 11 is 3.88. The third-order valence-electron chi connectivity index (χ3n) is 5.64. The molecule has 2 aliphatic rings. The Balaban J connectivity index is 1.60. The molecule has 5 nitrogen and oxygen atoms in total. The summed E-state index contributed by atoms with van der Waals surface area (Å²) < 4.78 is 0. The maximum absolute atomic E-state index is 5.05. The van der Waals surface area contributed by atoms with Crippen LogP contribution in [0.1, 0.15) is 48.9 Å². The fourth-order valence-corrected chi connectivity index (χ4v) is 5.88. The van der Waals surface area contributed by atoms with E-state index in [1.54, 1.807) is 11.3 Å². The third-order valence-corrected chi connectivity index (χ3v) is 7.56. The number of guanidine groups is 1. The molecule has 0 unspecified atom stereocenters. The number of thioether (sulfide) groups is 1. The predicted molar refractivity (Wildman–Crippen MR) is 119 cm³/mol. The summed E-state index contributed by atoms with van der Waals surface area (Å²) in [7, 11) is 0. The predicted octanol–water partition coefficient (Wildman–Crippen LogP) is 3.30. The molecule has 152 valence electrons. The second-order valence-corrected chi connectivity index (χ2v) is 10.2. The standard InChI is InChI=1S/C20H35N5S2/c1-3-21-19(22-10-7-18-23-15-17(2)27-18)24-16-20(8-5-4-6-9-20)25-11-13-26-14-12-25/h15H,3-14,16H2,1-2H3,(H2,21,22,24). The summed E-state index contributed by atoms with van der Waals surface area (Å²) in [6, 6.07) is 0. The molecule has 1 saturated carbocycles. The molecule has 7 heteroatoms. The molecule has 0 bridgehead atoms. The van der Waals surface area contributed by atoms with Crippen molar-refractivity contribution in [2.24, 2.45) is 4.99 Å². The summed E-state index contributed by atoms with van der Waals surface area (Å²) in [4.78, 5) is 13.5. The Bertz CT molecular complexity index is 589. The number of aliphatic imine (C=N–C) groups is 1. The van der Waals surface area contributed by atoms with Gasteiger partial charge in [0, 0.05) is 60.7 Å². The van der Waals surface area contributed by atoms with Crippen molar-refractivity contribution in [1.29, 1.82) is 0 Å². The van der Waals surface area contributed by atoms with Gasteiger partial charge >= 0.3 is 0 Å². The first kappa shape index (κ1) is 20.9. The second-order valence-electron chi connectivity index (χ2n) is 7.62. The van der Waals surface area contributed by atoms with E-state index in [0.717, 1.165) is 32.0 Å². The van der Waals surface area contributed by atoms with Gasteiger partial charge in [-0.1, -0.05) is 19.3 Å². The van der Waals surface area contributed by atoms with E-state index in [1.807, 2.05) is 6.20 Å². The highest BCUT2D eigenvalue weighted by Gasteiger charge is 2.38. The Morgan fingerprint density at radius 2 is 2.00 bits per heavy atom. The van der Waals surface area contributed by atoms with Crippen molar-refractivity contribution < 1.29 is 0 Å². The molecule has 0 atom stereocenters. The zero-order valence-electron chi connectivity index (χ0n) is 16.9. The van der Waals surface area contributed by atoms with Crippen LogP contribution < -0.4 is 10.6 Å². The Kier molecular flexibility index (Phi) is 8.27. The number of thiazole rings is 1. The van der Waals surface area contributed by atoms with Crippen LogP contribution in [0.25, 0.3) is 0 Å². The Hall–Kier alpha value is -0.790. The van der Waals surface area contributed by atoms with Crippen LogP contribution in [0.4, 0.5) is 0 Å². The Labute approximate surface area is 172 Å². The van der Waals surface area contributed by atoms with Gasteiger partial charge in [0.2, 0.25) is 0 Å². The van der Waals surface area contributed by atoms with Gasteiger partial charge in [0.05, 0.1) is 11.6 Å². The van der Waals surface area contributed by atoms with Crippen molar-refractivity contribution in [3.05, 3.63) is 16.1 Å². The van der Waals surface area contributed by atoms with Gasteiger partial charge in [-0.15, -0.1) is 11.3 Å². The lowest BCUT2D eigenvalue weighted by Crippen LogP contribution is -2.55. The molecule has 1 aromatic heterocycles. The number of nitrogens with one attached hydrogen (secondary N) is 2. The van der Waals surface area contributed by atoms with E-state index in [2.05, 4.69) is 46.1 Å². The second kappa shape index (κ2) is 10.7. The number of aromatic nitrogens is 1. The zero-order chi connectivity index (χ0) is 19.0. The molecule has 2 N–H and O–H groups in total. The van der Waals surface area contributed by atoms with Gasteiger partial charge in [0.15, 0.2) is 5.96 Å². The monoisotopic (exact) mass is 409 g/mol. The molecule has 1 saturated heterocycles. The quantitative estimate of drug-likeness (QED) is 0.535. The molecule has 1 aliphatic carbocycles. The topological polar surface area (TPSA) is 52.6 Å². The first-order valence-electron chi connectivity index (χ1n) is 10.5. The van der Waals surface area contributed by atoms with Gasteiger partial charge in [0.25, 0.3) is 0 Å². The SMILES string of the molecule is CCNC(=NCC1(N2CCSCC2)CCCCC1)NCCc1ncc(C)s1. The van der Waals surface area contributed by atoms with Gasteiger partial charge in [-0.3, -0.25) is 9.89 Å². The number of aryl methyl sites for hydroxylation is 1. The van der Waals surface area contributed by atoms with Crippen molar-refractivity contribution >= 4 is 29.1 Å². The molecular formula is C20H35N5S2. The molecule has 1 aromatic rings. The first-order valence-corrected chi connectivity index (χ1v) is 12.5. The lowest BCUT2D eigenvalue weighted by Gasteiger charge is -2.47. The van der Waals surface area contributed by atoms with Gasteiger partial charge in [-0.05, 0) is 26.7 Å². The molecule has 0 spiro atoms. The van der Waals surface area contributed by atoms with E-state index in [9.17, 15) is 0 Å². The minimum atomic E-state index is 0.286. The maximum Gasteiger partial charge on any atom is 0.191 e. The molecule has 2 fully saturated rings. The van der Waals surface area contributed by atoms with Crippen molar-refractivity contribution in [2.75, 3.05) is 44.2 Å². The van der Waals surface area contributed by atoms with Crippen LogP contribution in [0, 0.1) is 6.92 Å². The molecule has 0 aromatic carbocycles. The van der Waals surface area contributed by atoms with Crippen LogP contribution in [-0.2, 0) is 6.42 Å². The molecule has 0 amide bonds. The summed E-state index contributed by atoms with van der Waals surface area (Å²) in [5.41, 5.74) is 0.286. The van der Waals surface area contributed by atoms with Crippen LogP contribution in [0.5, 0.6) is 0 Å². The van der Waals surface area contributed by atoms with Gasteiger partial charge in [0.1, 0.15) is 0 Å². The van der Waals surface area contributed by atoms with Crippen LogP contribution in [0.2, 0.25) is 0 Å². The normalized spacial score (nSPS) is 21.2. The maximum atomic E-state index is 5.05. The molecule has 27 heavy (non-hydrogen) atoms. The third kappa shape index (κ3) is 6.09. The van der Waals surface area contributed by atoms with E-state index >= 15 is 0 Å². The Morgan fingerprint density at radius 1 is 1.22 bits per heavy atom. The Morgan fingerprint density at radius 3 is 2.67 bits per heavy atom. The van der Waals surface area contributed by atoms with Crippen LogP contribution >= 0.6 is 23.1 Å². The van der Waals surface area contributed by atoms with E-state index in [1.165, 1.54) is 66.6 Å². The van der Waals surface area contributed by atoms with Crippen molar-refractivity contribution in [3.8, 4) is 0 Å². The van der Waals surface area contributed by atoms with E-state index in [-0.39, 0.29) is 5.54 Å². The highest BCUT2D eigenvalue weighted by molar-refractivity contribution is 7.99. The zero-order valence-corrected chi connectivity index (χ0v) is 18.6. The number of hydrogen-bond acceptors (Lipinski definition) is 5. The number of rotatable bonds is 7. The van der Waals surface area contributed by atoms with Crippen LogP contribution in [0.3, 0.4) is 0 Å². The fourth-order valence-electron chi connectivity index (χ4n) is 4.19. The average molecular weight is 410 g/mol. The van der Waals surface area contributed by atoms with Gasteiger partial charge in [-0.2, -0.15) is 11.8 Å². The first-order chi connectivity index (χ1) is 13.2. The summed E-state index contributed by atoms with van der Waals surface area (Å²) in [6.07, 6.45) is 9.62. The largest absolute Gasteiger partial charge is 0.357 e. The highest BCUT2D eigenvalue weighted by atomic mass is 32.2. The van der Waals surface area contributed by atoms with E-state index in [4.69, 9.17) is 4.99 Å². The molecule has 1 aliphatic heterocycles. The highest BCUT2D eigenvalue weighted by Crippen LogP contribution is 2.35. The average Bonchev–Trinajstić information content (AvgIpc) is 3.12. The number of nitrogens with zero attached hydrogens (tertiary/aromatic N) is 3. The molecule has 0 radical (unpaired) electrons. The molecule has 2 heterocycles. The van der Waals surface area contributed by atoms with Crippen molar-refractivity contribution in [3.63, 3.8) is 0 Å². The van der Waals surface area contributed by atoms with Gasteiger partial charge < -0.3 is 10.6 Å². The lowest BCUT2D eigenvalue weighted by molar-refractivity contribution is 0.0672. The number of hydrogen-bond donors (Lipinski definition) is 2. The minimum absolute atomic E-state index is 0.286. The van der Waals surface area contributed by atoms with Gasteiger partial charge in [-0.25, -0.2) is 4.98 Å². The van der Waals surface area contributed by atoms with E-state index in [0.29, 0.717) is 0 Å². The molecule has 3 rings (SSSR count). The summed E-state index contributed by atoms with van der Waals surface area (Å²) in [5.74, 6) is 3.51. The van der Waals surface area contributed by atoms with Crippen LogP contribution in [0.15, 0.2) is 11.2 Å². The van der Waals surface area contributed by atoms with Crippen molar-refractivity contribution in [1.82, 2.24) is 20.5 Å². The summed E-state index contributed by atoms with van der Waals surface area (Å²) in [6.45, 7) is 9.41.